The van der Waals surface area contributed by atoms with Crippen molar-refractivity contribution < 1.29 is 0 Å². The van der Waals surface area contributed by atoms with Crippen molar-refractivity contribution in [3.8, 4) is 0 Å². The van der Waals surface area contributed by atoms with Gasteiger partial charge >= 0.3 is 0 Å². The lowest BCUT2D eigenvalue weighted by Crippen LogP contribution is -2.37. The van der Waals surface area contributed by atoms with E-state index in [0.29, 0.717) is 0 Å². The fourth-order valence-electron chi connectivity index (χ4n) is 2.13. The number of hydrogen-bond donors (Lipinski definition) is 2. The third kappa shape index (κ3) is 6.90. The van der Waals surface area contributed by atoms with Crippen molar-refractivity contribution in [3.05, 3.63) is 35.4 Å². The third-order valence-corrected chi connectivity index (χ3v) is 3.96. The Kier molecular flexibility index (Phi) is 8.28. The quantitative estimate of drug-likeness (QED) is 0.703. The Bertz CT molecular complexity index is 386. The molecule has 0 spiro atoms. The van der Waals surface area contributed by atoms with Crippen molar-refractivity contribution in [3.63, 3.8) is 0 Å². The van der Waals surface area contributed by atoms with Crippen molar-refractivity contribution in [2.24, 2.45) is 5.92 Å². The number of unbranched alkanes of at least 4 members (excludes halogenated alkanes) is 1. The maximum absolute atomic E-state index is 5.34. The van der Waals surface area contributed by atoms with Gasteiger partial charge in [0.2, 0.25) is 0 Å². The second-order valence-corrected chi connectivity index (χ2v) is 5.87. The molecule has 0 saturated heterocycles. The van der Waals surface area contributed by atoms with Crippen LogP contribution < -0.4 is 10.6 Å². The number of thiocarbonyl (C=S) groups is 1. The third-order valence-electron chi connectivity index (χ3n) is 3.67. The van der Waals surface area contributed by atoms with Crippen molar-refractivity contribution in [2.45, 2.75) is 53.0 Å². The van der Waals surface area contributed by atoms with E-state index in [1.807, 2.05) is 0 Å². The molecular formula is C17H28N2S. The lowest BCUT2D eigenvalue weighted by molar-refractivity contribution is 0.445. The maximum Gasteiger partial charge on any atom is 0.166 e. The Balaban J connectivity index is 2.24. The number of aryl methyl sites for hydroxylation is 1. The normalized spacial score (nSPS) is 11.9. The maximum atomic E-state index is 5.34. The molecule has 0 fully saturated rings. The van der Waals surface area contributed by atoms with Crippen molar-refractivity contribution in [2.75, 3.05) is 6.54 Å². The van der Waals surface area contributed by atoms with Crippen LogP contribution in [0.1, 0.15) is 50.7 Å². The number of nitrogens with one attached hydrogen (secondary N) is 2. The molecular weight excluding hydrogens is 264 g/mol. The molecule has 0 amide bonds. The molecule has 0 aliphatic rings. The van der Waals surface area contributed by atoms with Gasteiger partial charge < -0.3 is 10.6 Å². The van der Waals surface area contributed by atoms with Gasteiger partial charge in [-0.1, -0.05) is 62.9 Å². The average molecular weight is 292 g/mol. The molecule has 1 rings (SSSR count). The molecule has 1 aromatic rings. The highest BCUT2D eigenvalue weighted by Gasteiger charge is 2.06. The summed E-state index contributed by atoms with van der Waals surface area (Å²) in [6.45, 7) is 8.37. The molecule has 0 bridgehead atoms. The summed E-state index contributed by atoms with van der Waals surface area (Å²) < 4.78 is 0. The standard InChI is InChI=1S/C17H28N2S/c1-4-6-7-15(5-2)12-18-17(20)19-13-16-10-8-14(3)9-11-16/h8-11,15H,4-7,12-13H2,1-3H3,(H2,18,19,20)/t15-/m1/s1. The van der Waals surface area contributed by atoms with Gasteiger partial charge in [-0.3, -0.25) is 0 Å². The van der Waals surface area contributed by atoms with Gasteiger partial charge in [-0.2, -0.15) is 0 Å². The van der Waals surface area contributed by atoms with Crippen LogP contribution in [0, 0.1) is 12.8 Å². The van der Waals surface area contributed by atoms with Gasteiger partial charge in [-0.25, -0.2) is 0 Å². The number of rotatable bonds is 8. The molecule has 2 nitrogen and oxygen atoms in total. The van der Waals surface area contributed by atoms with Crippen molar-refractivity contribution in [1.82, 2.24) is 10.6 Å². The van der Waals surface area contributed by atoms with Gasteiger partial charge in [-0.05, 0) is 37.0 Å². The molecule has 0 heterocycles. The van der Waals surface area contributed by atoms with Gasteiger partial charge in [0.1, 0.15) is 0 Å². The van der Waals surface area contributed by atoms with E-state index in [1.54, 1.807) is 0 Å². The van der Waals surface area contributed by atoms with Crippen LogP contribution in [0.4, 0.5) is 0 Å². The van der Waals surface area contributed by atoms with E-state index < -0.39 is 0 Å². The Hall–Kier alpha value is -1.09. The zero-order valence-electron chi connectivity index (χ0n) is 13.0. The summed E-state index contributed by atoms with van der Waals surface area (Å²) in [6, 6.07) is 8.54. The van der Waals surface area contributed by atoms with Gasteiger partial charge in [-0.15, -0.1) is 0 Å². The van der Waals surface area contributed by atoms with Crippen LogP contribution in [0.3, 0.4) is 0 Å². The first-order chi connectivity index (χ1) is 9.65. The van der Waals surface area contributed by atoms with Crippen molar-refractivity contribution >= 4 is 17.3 Å². The summed E-state index contributed by atoms with van der Waals surface area (Å²) >= 11 is 5.34. The second-order valence-electron chi connectivity index (χ2n) is 5.47. The van der Waals surface area contributed by atoms with E-state index in [-0.39, 0.29) is 0 Å². The molecule has 0 saturated carbocycles. The lowest BCUT2D eigenvalue weighted by Gasteiger charge is -2.17. The molecule has 20 heavy (non-hydrogen) atoms. The molecule has 3 heteroatoms. The molecule has 0 aliphatic heterocycles. The number of benzene rings is 1. The Morgan fingerprint density at radius 3 is 2.45 bits per heavy atom. The first-order valence-corrected chi connectivity index (χ1v) is 8.13. The van der Waals surface area contributed by atoms with Crippen LogP contribution in [0.25, 0.3) is 0 Å². The molecule has 0 unspecified atom stereocenters. The van der Waals surface area contributed by atoms with E-state index in [1.165, 1.54) is 36.8 Å². The van der Waals surface area contributed by atoms with Gasteiger partial charge in [0.25, 0.3) is 0 Å². The Morgan fingerprint density at radius 1 is 1.15 bits per heavy atom. The minimum atomic E-state index is 0.731. The second kappa shape index (κ2) is 9.76. The fraction of sp³-hybridized carbons (Fsp3) is 0.588. The largest absolute Gasteiger partial charge is 0.362 e. The summed E-state index contributed by atoms with van der Waals surface area (Å²) in [4.78, 5) is 0. The monoisotopic (exact) mass is 292 g/mol. The lowest BCUT2D eigenvalue weighted by atomic mass is 9.99. The summed E-state index contributed by atoms with van der Waals surface area (Å²) in [5.74, 6) is 0.731. The Morgan fingerprint density at radius 2 is 1.85 bits per heavy atom. The zero-order chi connectivity index (χ0) is 14.8. The minimum Gasteiger partial charge on any atom is -0.362 e. The predicted molar refractivity (Wildman–Crippen MR) is 91.9 cm³/mol. The smallest absolute Gasteiger partial charge is 0.166 e. The summed E-state index contributed by atoms with van der Waals surface area (Å²) in [5, 5.41) is 7.38. The highest BCUT2D eigenvalue weighted by molar-refractivity contribution is 7.80. The molecule has 0 aromatic heterocycles. The van der Waals surface area contributed by atoms with Gasteiger partial charge in [0.05, 0.1) is 0 Å². The summed E-state index contributed by atoms with van der Waals surface area (Å²) in [6.07, 6.45) is 5.09. The van der Waals surface area contributed by atoms with Crippen LogP contribution in [0.5, 0.6) is 0 Å². The van der Waals surface area contributed by atoms with Crippen LogP contribution in [-0.2, 0) is 6.54 Å². The molecule has 0 radical (unpaired) electrons. The van der Waals surface area contributed by atoms with E-state index in [4.69, 9.17) is 12.2 Å². The molecule has 2 N–H and O–H groups in total. The summed E-state index contributed by atoms with van der Waals surface area (Å²) in [7, 11) is 0. The van der Waals surface area contributed by atoms with Crippen LogP contribution >= 0.6 is 12.2 Å². The molecule has 1 atom stereocenters. The fourth-order valence-corrected chi connectivity index (χ4v) is 2.29. The first kappa shape index (κ1) is 17.0. The van der Waals surface area contributed by atoms with Gasteiger partial charge in [0, 0.05) is 13.1 Å². The molecule has 112 valence electrons. The van der Waals surface area contributed by atoms with Crippen LogP contribution in [0.15, 0.2) is 24.3 Å². The van der Waals surface area contributed by atoms with E-state index in [0.717, 1.165) is 24.1 Å². The Labute approximate surface area is 129 Å². The van der Waals surface area contributed by atoms with Crippen molar-refractivity contribution in [1.29, 1.82) is 0 Å². The highest BCUT2D eigenvalue weighted by atomic mass is 32.1. The minimum absolute atomic E-state index is 0.731. The molecule has 1 aromatic carbocycles. The van der Waals surface area contributed by atoms with E-state index in [9.17, 15) is 0 Å². The van der Waals surface area contributed by atoms with E-state index in [2.05, 4.69) is 55.7 Å². The SMILES string of the molecule is CCCC[C@@H](CC)CNC(=S)NCc1ccc(C)cc1. The predicted octanol–water partition coefficient (Wildman–Crippen LogP) is 4.18. The number of hydrogen-bond acceptors (Lipinski definition) is 1. The van der Waals surface area contributed by atoms with E-state index >= 15 is 0 Å². The summed E-state index contributed by atoms with van der Waals surface area (Å²) in [5.41, 5.74) is 2.55. The van der Waals surface area contributed by atoms with Crippen LogP contribution in [-0.4, -0.2) is 11.7 Å². The zero-order valence-corrected chi connectivity index (χ0v) is 13.9. The first-order valence-electron chi connectivity index (χ1n) is 7.73. The van der Waals surface area contributed by atoms with Gasteiger partial charge in [0.15, 0.2) is 5.11 Å². The average Bonchev–Trinajstić information content (AvgIpc) is 2.47. The van der Waals surface area contributed by atoms with Crippen LogP contribution in [0.2, 0.25) is 0 Å². The molecule has 0 aliphatic carbocycles. The highest BCUT2D eigenvalue weighted by Crippen LogP contribution is 2.11. The topological polar surface area (TPSA) is 24.1 Å².